The van der Waals surface area contributed by atoms with Gasteiger partial charge in [-0.2, -0.15) is 0 Å². The second-order valence-electron chi connectivity index (χ2n) is 3.36. The van der Waals surface area contributed by atoms with Crippen molar-refractivity contribution in [2.45, 2.75) is 12.8 Å². The van der Waals surface area contributed by atoms with Crippen molar-refractivity contribution >= 4 is 5.69 Å². The number of ether oxygens (including phenoxy) is 2. The Morgan fingerprint density at radius 1 is 1.07 bits per heavy atom. The molecule has 1 rings (SSSR count). The van der Waals surface area contributed by atoms with Gasteiger partial charge in [-0.05, 0) is 37.1 Å². The topological polar surface area (TPSA) is 30.5 Å². The molecule has 0 aliphatic heterocycles. The van der Waals surface area contributed by atoms with Crippen molar-refractivity contribution in [3.8, 4) is 5.75 Å². The first-order chi connectivity index (χ1) is 7.36. The summed E-state index contributed by atoms with van der Waals surface area (Å²) in [5.41, 5.74) is 1.13. The van der Waals surface area contributed by atoms with E-state index >= 15 is 0 Å². The van der Waals surface area contributed by atoms with E-state index < -0.39 is 0 Å². The predicted octanol–water partition coefficient (Wildman–Crippen LogP) is 2.53. The minimum absolute atomic E-state index is 0.838. The van der Waals surface area contributed by atoms with Gasteiger partial charge < -0.3 is 14.8 Å². The number of nitrogens with one attached hydrogen (secondary N) is 1. The number of rotatable bonds is 7. The Hall–Kier alpha value is -1.22. The highest BCUT2D eigenvalue weighted by molar-refractivity contribution is 5.46. The third-order valence-electron chi connectivity index (χ3n) is 2.19. The molecular formula is C12H19NO2. The van der Waals surface area contributed by atoms with Crippen LogP contribution in [0.2, 0.25) is 0 Å². The van der Waals surface area contributed by atoms with Crippen LogP contribution in [0.1, 0.15) is 12.8 Å². The second-order valence-corrected chi connectivity index (χ2v) is 3.36. The fourth-order valence-corrected chi connectivity index (χ4v) is 1.31. The summed E-state index contributed by atoms with van der Waals surface area (Å²) in [6, 6.07) is 7.96. The van der Waals surface area contributed by atoms with Crippen LogP contribution >= 0.6 is 0 Å². The maximum atomic E-state index is 5.08. The van der Waals surface area contributed by atoms with Crippen molar-refractivity contribution in [1.82, 2.24) is 0 Å². The Labute approximate surface area is 91.4 Å². The second kappa shape index (κ2) is 7.12. The molecule has 0 aromatic heterocycles. The molecule has 0 aliphatic rings. The highest BCUT2D eigenvalue weighted by Crippen LogP contribution is 2.14. The molecule has 0 fully saturated rings. The van der Waals surface area contributed by atoms with Gasteiger partial charge in [0, 0.05) is 25.9 Å². The van der Waals surface area contributed by atoms with Crippen LogP contribution in [0.3, 0.4) is 0 Å². The highest BCUT2D eigenvalue weighted by Gasteiger charge is 1.93. The van der Waals surface area contributed by atoms with Crippen LogP contribution in [-0.4, -0.2) is 27.4 Å². The lowest BCUT2D eigenvalue weighted by atomic mass is 10.3. The minimum Gasteiger partial charge on any atom is -0.497 e. The Morgan fingerprint density at radius 2 is 1.80 bits per heavy atom. The third kappa shape index (κ3) is 4.70. The summed E-state index contributed by atoms with van der Waals surface area (Å²) in [6.45, 7) is 1.82. The SMILES string of the molecule is COCCCCNc1ccc(OC)cc1. The van der Waals surface area contributed by atoms with Crippen molar-refractivity contribution in [2.24, 2.45) is 0 Å². The molecule has 0 atom stereocenters. The van der Waals surface area contributed by atoms with Gasteiger partial charge in [0.15, 0.2) is 0 Å². The van der Waals surface area contributed by atoms with Gasteiger partial charge in [0.1, 0.15) is 5.75 Å². The van der Waals surface area contributed by atoms with Crippen LogP contribution in [0, 0.1) is 0 Å². The van der Waals surface area contributed by atoms with Gasteiger partial charge in [0.05, 0.1) is 7.11 Å². The van der Waals surface area contributed by atoms with E-state index in [4.69, 9.17) is 9.47 Å². The summed E-state index contributed by atoms with van der Waals surface area (Å²) in [5.74, 6) is 0.889. The molecule has 0 amide bonds. The molecule has 0 aliphatic carbocycles. The molecule has 0 spiro atoms. The molecule has 0 radical (unpaired) electrons. The van der Waals surface area contributed by atoms with E-state index in [1.165, 1.54) is 0 Å². The Morgan fingerprint density at radius 3 is 2.40 bits per heavy atom. The van der Waals surface area contributed by atoms with Crippen molar-refractivity contribution in [3.05, 3.63) is 24.3 Å². The van der Waals surface area contributed by atoms with Crippen molar-refractivity contribution in [1.29, 1.82) is 0 Å². The smallest absolute Gasteiger partial charge is 0.119 e. The average Bonchev–Trinajstić information content (AvgIpc) is 2.30. The maximum Gasteiger partial charge on any atom is 0.119 e. The van der Waals surface area contributed by atoms with Crippen LogP contribution in [0.5, 0.6) is 5.75 Å². The molecule has 0 heterocycles. The van der Waals surface area contributed by atoms with Crippen LogP contribution in [0.4, 0.5) is 5.69 Å². The summed E-state index contributed by atoms with van der Waals surface area (Å²) < 4.78 is 10.1. The van der Waals surface area contributed by atoms with Gasteiger partial charge in [0.2, 0.25) is 0 Å². The first kappa shape index (κ1) is 11.9. The number of benzene rings is 1. The Balaban J connectivity index is 2.20. The van der Waals surface area contributed by atoms with Gasteiger partial charge in [-0.3, -0.25) is 0 Å². The van der Waals surface area contributed by atoms with Crippen LogP contribution in [-0.2, 0) is 4.74 Å². The monoisotopic (exact) mass is 209 g/mol. The zero-order valence-corrected chi connectivity index (χ0v) is 9.45. The first-order valence-electron chi connectivity index (χ1n) is 5.23. The van der Waals surface area contributed by atoms with Crippen LogP contribution in [0.25, 0.3) is 0 Å². The van der Waals surface area contributed by atoms with Gasteiger partial charge in [-0.15, -0.1) is 0 Å². The van der Waals surface area contributed by atoms with Gasteiger partial charge in [0.25, 0.3) is 0 Å². The number of anilines is 1. The maximum absolute atomic E-state index is 5.08. The molecule has 0 saturated carbocycles. The summed E-state index contributed by atoms with van der Waals surface area (Å²) in [5, 5.41) is 3.34. The quantitative estimate of drug-likeness (QED) is 0.700. The molecule has 0 unspecified atom stereocenters. The molecule has 1 aromatic carbocycles. The summed E-state index contributed by atoms with van der Waals surface area (Å²) >= 11 is 0. The molecule has 0 saturated heterocycles. The molecule has 1 aromatic rings. The standard InChI is InChI=1S/C12H19NO2/c1-14-10-4-3-9-13-11-5-7-12(15-2)8-6-11/h5-8,13H,3-4,9-10H2,1-2H3. The number of methoxy groups -OCH3 is 2. The Bertz CT molecular complexity index is 259. The van der Waals surface area contributed by atoms with Crippen LogP contribution < -0.4 is 10.1 Å². The highest BCUT2D eigenvalue weighted by atomic mass is 16.5. The van der Waals surface area contributed by atoms with Crippen molar-refractivity contribution in [3.63, 3.8) is 0 Å². The van der Waals surface area contributed by atoms with E-state index in [1.54, 1.807) is 14.2 Å². The Kier molecular flexibility index (Phi) is 5.63. The molecule has 84 valence electrons. The summed E-state index contributed by atoms with van der Waals surface area (Å²) in [7, 11) is 3.41. The lowest BCUT2D eigenvalue weighted by molar-refractivity contribution is 0.194. The lowest BCUT2D eigenvalue weighted by Crippen LogP contribution is -2.02. The fraction of sp³-hybridized carbons (Fsp3) is 0.500. The van der Waals surface area contributed by atoms with Gasteiger partial charge in [-0.25, -0.2) is 0 Å². The summed E-state index contributed by atoms with van der Waals surface area (Å²) in [4.78, 5) is 0. The molecule has 0 bridgehead atoms. The minimum atomic E-state index is 0.838. The van der Waals surface area contributed by atoms with E-state index in [-0.39, 0.29) is 0 Å². The van der Waals surface area contributed by atoms with E-state index in [2.05, 4.69) is 5.32 Å². The third-order valence-corrected chi connectivity index (χ3v) is 2.19. The molecule has 15 heavy (non-hydrogen) atoms. The van der Waals surface area contributed by atoms with Crippen LogP contribution in [0.15, 0.2) is 24.3 Å². The molecule has 3 nitrogen and oxygen atoms in total. The molecular weight excluding hydrogens is 190 g/mol. The molecule has 1 N–H and O–H groups in total. The van der Waals surface area contributed by atoms with Crippen molar-refractivity contribution in [2.75, 3.05) is 32.7 Å². The number of hydrogen-bond donors (Lipinski definition) is 1. The summed E-state index contributed by atoms with van der Waals surface area (Å²) in [6.07, 6.45) is 2.22. The normalized spacial score (nSPS) is 10.0. The van der Waals surface area contributed by atoms with Crippen molar-refractivity contribution < 1.29 is 9.47 Å². The van der Waals surface area contributed by atoms with E-state index in [1.807, 2.05) is 24.3 Å². The first-order valence-corrected chi connectivity index (χ1v) is 5.23. The average molecular weight is 209 g/mol. The van der Waals surface area contributed by atoms with E-state index in [9.17, 15) is 0 Å². The van der Waals surface area contributed by atoms with Gasteiger partial charge in [-0.1, -0.05) is 0 Å². The predicted molar refractivity (Wildman–Crippen MR) is 62.6 cm³/mol. The largest absolute Gasteiger partial charge is 0.497 e. The van der Waals surface area contributed by atoms with E-state index in [0.717, 1.165) is 37.4 Å². The number of hydrogen-bond acceptors (Lipinski definition) is 3. The molecule has 3 heteroatoms. The zero-order valence-electron chi connectivity index (χ0n) is 9.45. The van der Waals surface area contributed by atoms with Gasteiger partial charge >= 0.3 is 0 Å². The number of unbranched alkanes of at least 4 members (excludes halogenated alkanes) is 1. The zero-order chi connectivity index (χ0) is 10.9. The fourth-order valence-electron chi connectivity index (χ4n) is 1.31. The lowest BCUT2D eigenvalue weighted by Gasteiger charge is -2.06. The van der Waals surface area contributed by atoms with E-state index in [0.29, 0.717) is 0 Å².